The lowest BCUT2D eigenvalue weighted by molar-refractivity contribution is 0.167. The van der Waals surface area contributed by atoms with Gasteiger partial charge in [0.25, 0.3) is 0 Å². The van der Waals surface area contributed by atoms with Crippen LogP contribution < -0.4 is 5.32 Å². The van der Waals surface area contributed by atoms with Crippen molar-refractivity contribution in [3.63, 3.8) is 0 Å². The van der Waals surface area contributed by atoms with Crippen molar-refractivity contribution in [2.45, 2.75) is 52.1 Å². The number of hydrogen-bond donors (Lipinski definition) is 1. The van der Waals surface area contributed by atoms with Crippen LogP contribution in [0.3, 0.4) is 0 Å². The van der Waals surface area contributed by atoms with Crippen LogP contribution in [0.25, 0.3) is 0 Å². The molecule has 0 aliphatic heterocycles. The van der Waals surface area contributed by atoms with Crippen LogP contribution in [0.2, 0.25) is 15.1 Å². The molecule has 0 aromatic heterocycles. The lowest BCUT2D eigenvalue weighted by Crippen LogP contribution is -2.43. The normalized spacial score (nSPS) is 22.5. The van der Waals surface area contributed by atoms with E-state index in [2.05, 4.69) is 19.2 Å². The molecule has 1 aromatic rings. The van der Waals surface area contributed by atoms with Crippen LogP contribution >= 0.6 is 34.8 Å². The molecule has 1 aromatic carbocycles. The summed E-state index contributed by atoms with van der Waals surface area (Å²) in [5.74, 6) is 0. The fraction of sp³-hybridized carbons (Fsp3) is 0.600. The van der Waals surface area contributed by atoms with E-state index < -0.39 is 0 Å². The van der Waals surface area contributed by atoms with Gasteiger partial charge in [0.2, 0.25) is 0 Å². The molecule has 1 atom stereocenters. The van der Waals surface area contributed by atoms with E-state index in [4.69, 9.17) is 34.8 Å². The molecule has 1 fully saturated rings. The molecule has 2 rings (SSSR count). The standard InChI is InChI=1S/C15H20Cl3N/c1-15(2)8-4-3-5-13(15)19-9-10-11(16)6-7-12(17)14(10)18/h6-7,13,19H,3-5,8-9H2,1-2H3. The summed E-state index contributed by atoms with van der Waals surface area (Å²) in [4.78, 5) is 0. The summed E-state index contributed by atoms with van der Waals surface area (Å²) < 4.78 is 0. The molecule has 1 nitrogen and oxygen atoms in total. The van der Waals surface area contributed by atoms with Gasteiger partial charge >= 0.3 is 0 Å². The molecule has 1 saturated carbocycles. The highest BCUT2D eigenvalue weighted by atomic mass is 35.5. The molecule has 106 valence electrons. The Morgan fingerprint density at radius 2 is 1.84 bits per heavy atom. The Bertz CT molecular complexity index is 457. The second kappa shape index (κ2) is 6.22. The van der Waals surface area contributed by atoms with Crippen molar-refractivity contribution in [3.8, 4) is 0 Å². The molecule has 0 heterocycles. The zero-order valence-corrected chi connectivity index (χ0v) is 13.7. The second-order valence-electron chi connectivity index (χ2n) is 5.99. The predicted octanol–water partition coefficient (Wildman–Crippen LogP) is 5.71. The summed E-state index contributed by atoms with van der Waals surface area (Å²) in [5.41, 5.74) is 1.23. The third-order valence-corrected chi connectivity index (χ3v) is 5.37. The quantitative estimate of drug-likeness (QED) is 0.704. The van der Waals surface area contributed by atoms with E-state index in [0.717, 1.165) is 5.56 Å². The first-order valence-electron chi connectivity index (χ1n) is 6.77. The van der Waals surface area contributed by atoms with Gasteiger partial charge in [-0.1, -0.05) is 61.5 Å². The van der Waals surface area contributed by atoms with E-state index in [9.17, 15) is 0 Å². The van der Waals surface area contributed by atoms with Crippen molar-refractivity contribution < 1.29 is 0 Å². The molecule has 1 aliphatic rings. The van der Waals surface area contributed by atoms with Crippen molar-refractivity contribution >= 4 is 34.8 Å². The van der Waals surface area contributed by atoms with Gasteiger partial charge in [0.05, 0.1) is 10.0 Å². The van der Waals surface area contributed by atoms with Crippen molar-refractivity contribution in [1.29, 1.82) is 0 Å². The zero-order valence-electron chi connectivity index (χ0n) is 11.4. The molecule has 0 bridgehead atoms. The summed E-state index contributed by atoms with van der Waals surface area (Å²) in [6.07, 6.45) is 5.09. The van der Waals surface area contributed by atoms with Crippen LogP contribution in [0.5, 0.6) is 0 Å². The van der Waals surface area contributed by atoms with E-state index in [1.54, 1.807) is 12.1 Å². The Morgan fingerprint density at radius 3 is 2.53 bits per heavy atom. The highest BCUT2D eigenvalue weighted by molar-refractivity contribution is 6.44. The summed E-state index contributed by atoms with van der Waals surface area (Å²) >= 11 is 18.5. The average molecular weight is 321 g/mol. The van der Waals surface area contributed by atoms with Crippen molar-refractivity contribution in [1.82, 2.24) is 5.32 Å². The third kappa shape index (κ3) is 3.58. The topological polar surface area (TPSA) is 12.0 Å². The Hall–Kier alpha value is 0.0500. The van der Waals surface area contributed by atoms with Crippen molar-refractivity contribution in [2.75, 3.05) is 0 Å². The maximum absolute atomic E-state index is 6.23. The molecule has 0 saturated heterocycles. The van der Waals surface area contributed by atoms with Crippen molar-refractivity contribution in [3.05, 3.63) is 32.8 Å². The fourth-order valence-corrected chi connectivity index (χ4v) is 3.51. The fourth-order valence-electron chi connectivity index (χ4n) is 2.83. The summed E-state index contributed by atoms with van der Waals surface area (Å²) in [6.45, 7) is 5.32. The monoisotopic (exact) mass is 319 g/mol. The van der Waals surface area contributed by atoms with Crippen LogP contribution in [0.4, 0.5) is 0 Å². The van der Waals surface area contributed by atoms with Gasteiger partial charge in [-0.3, -0.25) is 0 Å². The molecule has 4 heteroatoms. The number of rotatable bonds is 3. The van der Waals surface area contributed by atoms with Gasteiger partial charge in [0, 0.05) is 23.2 Å². The largest absolute Gasteiger partial charge is 0.309 e. The molecule has 1 unspecified atom stereocenters. The van der Waals surface area contributed by atoms with Gasteiger partial charge in [-0.15, -0.1) is 0 Å². The van der Waals surface area contributed by atoms with E-state index in [0.29, 0.717) is 33.1 Å². The lowest BCUT2D eigenvalue weighted by Gasteiger charge is -2.39. The van der Waals surface area contributed by atoms with E-state index in [1.807, 2.05) is 0 Å². The Balaban J connectivity index is 2.08. The summed E-state index contributed by atoms with van der Waals surface area (Å²) in [5, 5.41) is 5.41. The Morgan fingerprint density at radius 1 is 1.16 bits per heavy atom. The first-order chi connectivity index (χ1) is 8.92. The van der Waals surface area contributed by atoms with E-state index in [-0.39, 0.29) is 0 Å². The first kappa shape index (κ1) is 15.4. The second-order valence-corrected chi connectivity index (χ2v) is 7.18. The van der Waals surface area contributed by atoms with E-state index >= 15 is 0 Å². The van der Waals surface area contributed by atoms with Crippen LogP contribution in [-0.2, 0) is 6.54 Å². The molecule has 1 N–H and O–H groups in total. The van der Waals surface area contributed by atoms with Gasteiger partial charge in [-0.25, -0.2) is 0 Å². The molecule has 0 radical (unpaired) electrons. The van der Waals surface area contributed by atoms with Crippen LogP contribution in [-0.4, -0.2) is 6.04 Å². The van der Waals surface area contributed by atoms with Gasteiger partial charge in [0.1, 0.15) is 0 Å². The number of benzene rings is 1. The maximum Gasteiger partial charge on any atom is 0.0652 e. The minimum absolute atomic E-state index is 0.329. The first-order valence-corrected chi connectivity index (χ1v) is 7.91. The Kier molecular flexibility index (Phi) is 5.05. The lowest BCUT2D eigenvalue weighted by atomic mass is 9.73. The van der Waals surface area contributed by atoms with Crippen LogP contribution in [0, 0.1) is 5.41 Å². The number of hydrogen-bond acceptors (Lipinski definition) is 1. The smallest absolute Gasteiger partial charge is 0.0652 e. The minimum Gasteiger partial charge on any atom is -0.309 e. The SMILES string of the molecule is CC1(C)CCCCC1NCc1c(Cl)ccc(Cl)c1Cl. The average Bonchev–Trinajstić information content (AvgIpc) is 2.35. The van der Waals surface area contributed by atoms with Gasteiger partial charge in [0.15, 0.2) is 0 Å². The third-order valence-electron chi connectivity index (χ3n) is 4.17. The minimum atomic E-state index is 0.329. The predicted molar refractivity (Wildman–Crippen MR) is 84.3 cm³/mol. The molecule has 1 aliphatic carbocycles. The van der Waals surface area contributed by atoms with E-state index in [1.165, 1.54) is 25.7 Å². The summed E-state index contributed by atoms with van der Waals surface area (Å²) in [7, 11) is 0. The maximum atomic E-state index is 6.23. The highest BCUT2D eigenvalue weighted by Crippen LogP contribution is 2.36. The molecular formula is C15H20Cl3N. The summed E-state index contributed by atoms with van der Waals surface area (Å²) in [6, 6.07) is 4.05. The van der Waals surface area contributed by atoms with Gasteiger partial charge in [-0.05, 0) is 30.4 Å². The van der Waals surface area contributed by atoms with Crippen LogP contribution in [0.15, 0.2) is 12.1 Å². The highest BCUT2D eigenvalue weighted by Gasteiger charge is 2.31. The van der Waals surface area contributed by atoms with Crippen molar-refractivity contribution in [2.24, 2.45) is 5.41 Å². The molecule has 0 amide bonds. The zero-order chi connectivity index (χ0) is 14.0. The molecular weight excluding hydrogens is 301 g/mol. The van der Waals surface area contributed by atoms with Gasteiger partial charge < -0.3 is 5.32 Å². The van der Waals surface area contributed by atoms with Gasteiger partial charge in [-0.2, -0.15) is 0 Å². The number of halogens is 3. The van der Waals surface area contributed by atoms with Crippen LogP contribution in [0.1, 0.15) is 45.1 Å². The Labute approximate surface area is 130 Å². The number of nitrogens with one attached hydrogen (secondary N) is 1. The molecule has 0 spiro atoms. The molecule has 19 heavy (non-hydrogen) atoms.